The van der Waals surface area contributed by atoms with Gasteiger partial charge in [0.05, 0.1) is 59.5 Å². The average Bonchev–Trinajstić information content (AvgIpc) is 1.77. The van der Waals surface area contributed by atoms with Crippen molar-refractivity contribution < 1.29 is 53.1 Å². The van der Waals surface area contributed by atoms with Gasteiger partial charge in [0.2, 0.25) is 11.8 Å². The zero-order valence-electron chi connectivity index (χ0n) is 49.0. The van der Waals surface area contributed by atoms with Crippen molar-refractivity contribution in [3.05, 3.63) is 141 Å². The number of ketones is 1. The molecule has 6 N–H and O–H groups in total. The Bertz CT molecular complexity index is 4110. The SMILES string of the molecule is CNC(=O)C[C@@H]1NC(=O)c2csc(n2)-c2ccc(-c3nc(-[n+]4cc(CCCC(=O)O)ccc4CCC(=O)O)cs3)nc2-c2csc(n2)-c2csc(n2)[C@H]([C@@H](C)c2ccccc2)NC(=O)CNC(=O)c2nc(sc2COC)C(C(C)C)CC(=O)c2nc1sc2C. The molecule has 10 bridgehead atoms. The Morgan fingerprint density at radius 2 is 1.43 bits per heavy atom. The summed E-state index contributed by atoms with van der Waals surface area (Å²) in [4.78, 5) is 129. The quantitative estimate of drug-likeness (QED) is 0.0490. The lowest BCUT2D eigenvalue weighted by Gasteiger charge is -2.24. The van der Waals surface area contributed by atoms with Crippen LogP contribution in [0.15, 0.2) is 82.3 Å². The molecule has 1 aliphatic rings. The number of aromatic nitrogens is 8. The van der Waals surface area contributed by atoms with Crippen molar-refractivity contribution in [3.8, 4) is 49.2 Å². The Hall–Kier alpha value is -8.25. The van der Waals surface area contributed by atoms with Gasteiger partial charge in [-0.05, 0) is 60.0 Å². The lowest BCUT2D eigenvalue weighted by atomic mass is 9.90. The number of ether oxygens (including phenoxy) is 1. The first-order valence-electron chi connectivity index (χ1n) is 28.3. The minimum Gasteiger partial charge on any atom is -0.481 e. The molecule has 0 saturated heterocycles. The third-order valence-electron chi connectivity index (χ3n) is 14.8. The van der Waals surface area contributed by atoms with Gasteiger partial charge in [0.1, 0.15) is 65.6 Å². The number of pyridine rings is 2. The first kappa shape index (κ1) is 63.8. The number of methoxy groups -OCH3 is 1. The number of amides is 4. The first-order chi connectivity index (χ1) is 42.8. The van der Waals surface area contributed by atoms with Crippen molar-refractivity contribution in [1.29, 1.82) is 0 Å². The highest BCUT2D eigenvalue weighted by molar-refractivity contribution is 7.15. The molecule has 0 fully saturated rings. The average molecular weight is 1310 g/mol. The fourth-order valence-corrected chi connectivity index (χ4v) is 15.7. The maximum absolute atomic E-state index is 14.4. The number of fused-ring (bicyclic) bond motifs is 14. The Labute approximate surface area is 535 Å². The fourth-order valence-electron chi connectivity index (χ4n) is 9.99. The predicted molar refractivity (Wildman–Crippen MR) is 340 cm³/mol. The third-order valence-corrected chi connectivity index (χ3v) is 20.5. The number of rotatable bonds is 16. The summed E-state index contributed by atoms with van der Waals surface area (Å²) in [6.07, 6.45) is 2.60. The number of carbonyl (C=O) groups excluding carboxylic acids is 5. The van der Waals surface area contributed by atoms with Gasteiger partial charge in [0.15, 0.2) is 5.78 Å². The van der Waals surface area contributed by atoms with E-state index in [4.69, 9.17) is 39.6 Å². The van der Waals surface area contributed by atoms with E-state index in [9.17, 15) is 43.8 Å². The van der Waals surface area contributed by atoms with Crippen LogP contribution in [0.25, 0.3) is 49.2 Å². The molecule has 0 aliphatic carbocycles. The van der Waals surface area contributed by atoms with E-state index in [0.29, 0.717) is 92.5 Å². The second-order valence-corrected chi connectivity index (χ2v) is 27.1. The lowest BCUT2D eigenvalue weighted by molar-refractivity contribution is -0.608. The van der Waals surface area contributed by atoms with Crippen LogP contribution in [0.1, 0.15) is 150 Å². The Balaban J connectivity index is 1.06. The van der Waals surface area contributed by atoms with Crippen LogP contribution in [-0.4, -0.2) is 107 Å². The third kappa shape index (κ3) is 15.1. The van der Waals surface area contributed by atoms with Gasteiger partial charge >= 0.3 is 17.8 Å². The number of benzene rings is 1. The number of thiazole rings is 6. The normalized spacial score (nSPS) is 16.1. The van der Waals surface area contributed by atoms with Crippen LogP contribution < -0.4 is 25.8 Å². The first-order valence-corrected chi connectivity index (χ1v) is 33.4. The monoisotopic (exact) mass is 1310 g/mol. The molecule has 0 saturated carbocycles. The number of nitrogens with zero attached hydrogens (tertiary/aromatic N) is 8. The highest BCUT2D eigenvalue weighted by Gasteiger charge is 2.33. The zero-order valence-corrected chi connectivity index (χ0v) is 53.9. The molecule has 4 amide bonds. The summed E-state index contributed by atoms with van der Waals surface area (Å²) in [5.74, 6) is -4.55. The number of hydrogen-bond acceptors (Lipinski definition) is 21. The number of carboxylic acids is 2. The van der Waals surface area contributed by atoms with Crippen LogP contribution >= 0.6 is 68.0 Å². The summed E-state index contributed by atoms with van der Waals surface area (Å²) in [6, 6.07) is 15.4. The predicted octanol–water partition coefficient (Wildman–Crippen LogP) is 9.97. The summed E-state index contributed by atoms with van der Waals surface area (Å²) in [6.45, 7) is 7.33. The maximum atomic E-state index is 14.4. The molecular formula is C61H61N12O10S6+. The summed E-state index contributed by atoms with van der Waals surface area (Å²) < 4.78 is 7.33. The second kappa shape index (κ2) is 28.5. The molecule has 460 valence electrons. The van der Waals surface area contributed by atoms with E-state index in [-0.39, 0.29) is 79.3 Å². The molecule has 1 aliphatic heterocycles. The van der Waals surface area contributed by atoms with Crippen molar-refractivity contribution in [2.24, 2.45) is 5.92 Å². The molecule has 4 atom stereocenters. The van der Waals surface area contributed by atoms with Gasteiger partial charge in [-0.25, -0.2) is 29.9 Å². The molecule has 28 heteroatoms. The van der Waals surface area contributed by atoms with Gasteiger partial charge in [0.25, 0.3) is 16.8 Å². The van der Waals surface area contributed by atoms with Crippen molar-refractivity contribution in [1.82, 2.24) is 56.2 Å². The van der Waals surface area contributed by atoms with Crippen LogP contribution in [0.3, 0.4) is 0 Å². The molecule has 22 nitrogen and oxygen atoms in total. The Morgan fingerprint density at radius 3 is 2.18 bits per heavy atom. The van der Waals surface area contributed by atoms with Crippen molar-refractivity contribution >= 4 is 109 Å². The molecule has 0 spiro atoms. The van der Waals surface area contributed by atoms with E-state index in [1.54, 1.807) is 18.4 Å². The summed E-state index contributed by atoms with van der Waals surface area (Å²) >= 11 is 7.64. The summed E-state index contributed by atoms with van der Waals surface area (Å²) in [5.41, 5.74) is 5.18. The highest BCUT2D eigenvalue weighted by Crippen LogP contribution is 2.41. The number of carboxylic acid groups (broad SMARTS) is 2. The smallest absolute Gasteiger partial charge is 0.339 e. The van der Waals surface area contributed by atoms with Crippen LogP contribution in [0, 0.1) is 12.8 Å². The number of aryl methyl sites for hydroxylation is 3. The topological polar surface area (TPSA) is 311 Å². The van der Waals surface area contributed by atoms with Gasteiger partial charge < -0.3 is 36.2 Å². The molecule has 1 unspecified atom stereocenters. The van der Waals surface area contributed by atoms with Gasteiger partial charge in [0, 0.05) is 71.8 Å². The number of aliphatic carboxylic acids is 2. The van der Waals surface area contributed by atoms with Gasteiger partial charge in [-0.3, -0.25) is 33.6 Å². The van der Waals surface area contributed by atoms with Crippen LogP contribution in [-0.2, 0) is 43.4 Å². The summed E-state index contributed by atoms with van der Waals surface area (Å²) in [5, 5.41) is 40.5. The second-order valence-electron chi connectivity index (χ2n) is 21.3. The largest absolute Gasteiger partial charge is 0.481 e. The van der Waals surface area contributed by atoms with E-state index in [1.165, 1.54) is 82.2 Å². The van der Waals surface area contributed by atoms with Crippen LogP contribution in [0.2, 0.25) is 0 Å². The maximum Gasteiger partial charge on any atom is 0.339 e. The van der Waals surface area contributed by atoms with Crippen LogP contribution in [0.5, 0.6) is 0 Å². The molecule has 89 heavy (non-hydrogen) atoms. The lowest BCUT2D eigenvalue weighted by Crippen LogP contribution is -2.40. The van der Waals surface area contributed by atoms with Crippen molar-refractivity contribution in [3.63, 3.8) is 0 Å². The summed E-state index contributed by atoms with van der Waals surface area (Å²) in [7, 11) is 2.99. The molecule has 0 radical (unpaired) electrons. The van der Waals surface area contributed by atoms with E-state index in [1.807, 2.05) is 96.2 Å². The fraction of sp³-hybridized carbons (Fsp3) is 0.328. The Morgan fingerprint density at radius 1 is 0.708 bits per heavy atom. The molecule has 9 aromatic rings. The van der Waals surface area contributed by atoms with E-state index < -0.39 is 54.2 Å². The van der Waals surface area contributed by atoms with Gasteiger partial charge in [-0.1, -0.05) is 68.5 Å². The van der Waals surface area contributed by atoms with Crippen molar-refractivity contribution in [2.45, 2.75) is 103 Å². The van der Waals surface area contributed by atoms with Crippen LogP contribution in [0.4, 0.5) is 0 Å². The van der Waals surface area contributed by atoms with Crippen molar-refractivity contribution in [2.75, 3.05) is 20.7 Å². The molecule has 1 aromatic carbocycles. The number of Topliss-reactive ketones (excluding diaryl/α,β-unsaturated/α-hetero) is 1. The minimum absolute atomic E-state index is 0.00657. The molecule has 8 aromatic heterocycles. The standard InChI is InChI=1S/C61H60N12O10S6/c1-30(2)37-21-43(74)51-32(4)88-60(71-51)39(22-46(75)62-5)65-54(81)41-27-84-56(67-41)36-18-19-38(58-69-45(29-87-58)73-24-33(11-10-14-48(77)78)15-16-35(73)17-20-49(79)80)64-52(36)40-26-85-59(66-40)42-28-86-61(68-42)50(31(3)34-12-8-7-9-13-34)70-47(76)23-63-55(82)53-44(25-83-6)89-57(37)72-53/h7-9,12-13,15-16,18-19,24,26-31,37,39,50H,10-11,14,17,20-23,25H2,1-6H3,(H5-,62,63,65,70,75,76,77,78,79,80,81,82)/p+1/t31-,37?,39-,50-/m0/s1. The van der Waals surface area contributed by atoms with E-state index in [0.717, 1.165) is 11.1 Å². The number of hydrogen-bond donors (Lipinski definition) is 6. The molecule has 10 rings (SSSR count). The number of nitrogens with one attached hydrogen (secondary N) is 4. The zero-order chi connectivity index (χ0) is 63.0. The highest BCUT2D eigenvalue weighted by atomic mass is 32.1. The van der Waals surface area contributed by atoms with E-state index in [2.05, 4.69) is 21.3 Å². The minimum atomic E-state index is -0.962. The molecule has 9 heterocycles. The van der Waals surface area contributed by atoms with Gasteiger partial charge in [-0.2, -0.15) is 4.57 Å². The van der Waals surface area contributed by atoms with E-state index >= 15 is 0 Å². The molecular weight excluding hydrogens is 1250 g/mol. The Kier molecular flexibility index (Phi) is 20.4. The van der Waals surface area contributed by atoms with Gasteiger partial charge in [-0.15, -0.1) is 56.7 Å². The number of carbonyl (C=O) groups is 7.